The summed E-state index contributed by atoms with van der Waals surface area (Å²) in [4.78, 5) is 54.7. The third-order valence-corrected chi connectivity index (χ3v) is 7.74. The summed E-state index contributed by atoms with van der Waals surface area (Å²) in [6, 6.07) is 12.4. The van der Waals surface area contributed by atoms with Crippen LogP contribution in [0.3, 0.4) is 0 Å². The number of esters is 1. The number of carbonyl (C=O) groups is 4. The maximum absolute atomic E-state index is 13.1. The van der Waals surface area contributed by atoms with Gasteiger partial charge in [-0.25, -0.2) is 4.90 Å². The largest absolute Gasteiger partial charge is 0.426 e. The Morgan fingerprint density at radius 1 is 0.886 bits per heavy atom. The molecule has 2 aromatic rings. The van der Waals surface area contributed by atoms with Crippen LogP contribution < -0.4 is 14.5 Å². The Bertz CT molecular complexity index is 1260. The van der Waals surface area contributed by atoms with Crippen LogP contribution in [-0.4, -0.2) is 30.2 Å². The molecule has 6 rings (SSSR count). The van der Waals surface area contributed by atoms with E-state index in [9.17, 15) is 19.2 Å². The third kappa shape index (κ3) is 3.49. The average molecular weight is 471 g/mol. The van der Waals surface area contributed by atoms with Gasteiger partial charge in [-0.05, 0) is 67.5 Å². The van der Waals surface area contributed by atoms with Crippen LogP contribution in [0, 0.1) is 43.4 Å². The van der Waals surface area contributed by atoms with Crippen LogP contribution in [0.4, 0.5) is 11.4 Å². The van der Waals surface area contributed by atoms with Gasteiger partial charge in [0, 0.05) is 24.7 Å². The topological polar surface area (TPSA) is 84.0 Å². The van der Waals surface area contributed by atoms with Crippen molar-refractivity contribution in [3.63, 3.8) is 0 Å². The number of nitrogens with zero attached hydrogens (tertiary/aromatic N) is 2. The van der Waals surface area contributed by atoms with Crippen LogP contribution >= 0.6 is 0 Å². The lowest BCUT2D eigenvalue weighted by Gasteiger charge is -2.19. The van der Waals surface area contributed by atoms with Gasteiger partial charge in [-0.2, -0.15) is 0 Å². The lowest BCUT2D eigenvalue weighted by atomic mass is 9.85. The number of hydrogen-bond acceptors (Lipinski definition) is 5. The molecule has 0 spiro atoms. The lowest BCUT2D eigenvalue weighted by molar-refractivity contribution is -0.139. The first kappa shape index (κ1) is 21.8. The molecule has 2 aromatic carbocycles. The number of hydrogen-bond donors (Lipinski definition) is 0. The fourth-order valence-electron chi connectivity index (χ4n) is 6.26. The second kappa shape index (κ2) is 7.90. The predicted molar refractivity (Wildman–Crippen MR) is 129 cm³/mol. The fourth-order valence-corrected chi connectivity index (χ4v) is 6.26. The summed E-state index contributed by atoms with van der Waals surface area (Å²) in [5.41, 5.74) is 3.30. The van der Waals surface area contributed by atoms with Gasteiger partial charge in [-0.3, -0.25) is 19.2 Å². The van der Waals surface area contributed by atoms with Crippen LogP contribution in [0.15, 0.2) is 54.6 Å². The van der Waals surface area contributed by atoms with Crippen LogP contribution in [0.25, 0.3) is 0 Å². The molecule has 0 unspecified atom stereocenters. The van der Waals surface area contributed by atoms with Gasteiger partial charge in [0.2, 0.25) is 17.7 Å². The number of amides is 3. The first-order chi connectivity index (χ1) is 16.8. The molecule has 0 aromatic heterocycles. The minimum absolute atomic E-state index is 0.0771. The minimum Gasteiger partial charge on any atom is -0.426 e. The molecule has 7 heteroatoms. The van der Waals surface area contributed by atoms with Crippen molar-refractivity contribution in [2.75, 3.05) is 16.3 Å². The summed E-state index contributed by atoms with van der Waals surface area (Å²) in [6.45, 7) is 4.20. The number of allylic oxidation sites excluding steroid dienone is 2. The van der Waals surface area contributed by atoms with E-state index < -0.39 is 11.9 Å². The SMILES string of the molecule is Cc1cc(C)cc(N2C[C@H](C(=O)Oc3cccc(N4C(=O)[C@@H]5[C@@H](C4=O)[C@H]4C=C[C@@H]5C4)c3)CC2=O)c1. The monoisotopic (exact) mass is 470 g/mol. The highest BCUT2D eigenvalue weighted by Crippen LogP contribution is 2.53. The van der Waals surface area contributed by atoms with E-state index in [2.05, 4.69) is 12.2 Å². The molecule has 2 heterocycles. The maximum atomic E-state index is 13.1. The molecule has 2 aliphatic carbocycles. The Labute approximate surface area is 203 Å². The molecule has 7 nitrogen and oxygen atoms in total. The number of aryl methyl sites for hydroxylation is 2. The smallest absolute Gasteiger partial charge is 0.316 e. The second-order valence-electron chi connectivity index (χ2n) is 10.2. The van der Waals surface area contributed by atoms with Crippen LogP contribution in [0.1, 0.15) is 24.0 Å². The highest BCUT2D eigenvalue weighted by molar-refractivity contribution is 6.22. The van der Waals surface area contributed by atoms with E-state index in [1.807, 2.05) is 32.0 Å². The standard InChI is InChI=1S/C28H26N2O5/c1-15-8-16(2)10-21(9-15)29-14-19(12-23(29)31)28(34)35-22-5-3-4-20(13-22)30-26(32)24-17-6-7-18(11-17)25(24)27(30)33/h3-10,13,17-19,24-25H,11-12,14H2,1-2H3/t17-,18+,19-,24+,25+/m1/s1. The van der Waals surface area contributed by atoms with Crippen LogP contribution in [0.5, 0.6) is 5.75 Å². The van der Waals surface area contributed by atoms with Crippen molar-refractivity contribution >= 4 is 35.1 Å². The van der Waals surface area contributed by atoms with Gasteiger partial charge in [0.25, 0.3) is 0 Å². The minimum atomic E-state index is -0.594. The Morgan fingerprint density at radius 3 is 2.20 bits per heavy atom. The van der Waals surface area contributed by atoms with Crippen molar-refractivity contribution in [1.29, 1.82) is 0 Å². The van der Waals surface area contributed by atoms with Gasteiger partial charge < -0.3 is 9.64 Å². The van der Waals surface area contributed by atoms with E-state index in [4.69, 9.17) is 4.74 Å². The number of anilines is 2. The van der Waals surface area contributed by atoms with E-state index >= 15 is 0 Å². The van der Waals surface area contributed by atoms with E-state index in [1.54, 1.807) is 29.2 Å². The Balaban J connectivity index is 1.17. The molecule has 35 heavy (non-hydrogen) atoms. The zero-order valence-electron chi connectivity index (χ0n) is 19.6. The molecule has 2 saturated heterocycles. The molecule has 178 valence electrons. The molecule has 2 aliphatic heterocycles. The van der Waals surface area contributed by atoms with Crippen molar-refractivity contribution < 1.29 is 23.9 Å². The first-order valence-corrected chi connectivity index (χ1v) is 12.1. The van der Waals surface area contributed by atoms with Gasteiger partial charge in [-0.1, -0.05) is 24.3 Å². The number of ether oxygens (including phenoxy) is 1. The summed E-state index contributed by atoms with van der Waals surface area (Å²) in [7, 11) is 0. The molecule has 2 bridgehead atoms. The van der Waals surface area contributed by atoms with Gasteiger partial charge >= 0.3 is 5.97 Å². The quantitative estimate of drug-likeness (QED) is 0.295. The summed E-state index contributed by atoms with van der Waals surface area (Å²) in [6.07, 6.45) is 5.07. The van der Waals surface area contributed by atoms with E-state index in [0.717, 1.165) is 23.2 Å². The normalized spacial score (nSPS) is 28.9. The maximum Gasteiger partial charge on any atom is 0.316 e. The number of benzene rings is 2. The number of carbonyl (C=O) groups excluding carboxylic acids is 4. The molecule has 3 fully saturated rings. The summed E-state index contributed by atoms with van der Waals surface area (Å²) in [5.74, 6) is -1.62. The molecular weight excluding hydrogens is 444 g/mol. The number of fused-ring (bicyclic) bond motifs is 5. The summed E-state index contributed by atoms with van der Waals surface area (Å²) < 4.78 is 5.62. The van der Waals surface area contributed by atoms with E-state index in [-0.39, 0.29) is 60.1 Å². The molecular formula is C28H26N2O5. The van der Waals surface area contributed by atoms with Gasteiger partial charge in [0.05, 0.1) is 23.4 Å². The molecule has 0 radical (unpaired) electrons. The highest BCUT2D eigenvalue weighted by Gasteiger charge is 2.59. The zero-order chi connectivity index (χ0) is 24.4. The van der Waals surface area contributed by atoms with Crippen LogP contribution in [-0.2, 0) is 19.2 Å². The molecule has 3 amide bonds. The molecule has 5 atom stereocenters. The number of imide groups is 1. The Morgan fingerprint density at radius 2 is 1.54 bits per heavy atom. The lowest BCUT2D eigenvalue weighted by Crippen LogP contribution is -2.32. The molecule has 0 N–H and O–H groups in total. The first-order valence-electron chi connectivity index (χ1n) is 12.1. The van der Waals surface area contributed by atoms with Crippen molar-refractivity contribution in [1.82, 2.24) is 0 Å². The van der Waals surface area contributed by atoms with Crippen LogP contribution in [0.2, 0.25) is 0 Å². The van der Waals surface area contributed by atoms with E-state index in [1.165, 1.54) is 4.90 Å². The Hall–Kier alpha value is -3.74. The average Bonchev–Trinajstić information content (AvgIpc) is 3.57. The molecule has 1 saturated carbocycles. The second-order valence-corrected chi connectivity index (χ2v) is 10.2. The van der Waals surface area contributed by atoms with Crippen molar-refractivity contribution in [3.05, 3.63) is 65.7 Å². The third-order valence-electron chi connectivity index (χ3n) is 7.74. The summed E-state index contributed by atoms with van der Waals surface area (Å²) in [5, 5.41) is 0. The van der Waals surface area contributed by atoms with Gasteiger partial charge in [0.1, 0.15) is 5.75 Å². The van der Waals surface area contributed by atoms with Crippen molar-refractivity contribution in [2.24, 2.45) is 29.6 Å². The predicted octanol–water partition coefficient (Wildman–Crippen LogP) is 3.57. The Kier molecular flexibility index (Phi) is 4.91. The summed E-state index contributed by atoms with van der Waals surface area (Å²) >= 11 is 0. The van der Waals surface area contributed by atoms with Gasteiger partial charge in [-0.15, -0.1) is 0 Å². The van der Waals surface area contributed by atoms with Crippen molar-refractivity contribution in [2.45, 2.75) is 26.7 Å². The molecule has 4 aliphatic rings. The fraction of sp³-hybridized carbons (Fsp3) is 0.357. The number of rotatable bonds is 4. The highest BCUT2D eigenvalue weighted by atomic mass is 16.5. The van der Waals surface area contributed by atoms with Crippen molar-refractivity contribution in [3.8, 4) is 5.75 Å². The van der Waals surface area contributed by atoms with Gasteiger partial charge in [0.15, 0.2) is 0 Å². The zero-order valence-corrected chi connectivity index (χ0v) is 19.6. The van der Waals surface area contributed by atoms with E-state index in [0.29, 0.717) is 5.69 Å².